The summed E-state index contributed by atoms with van der Waals surface area (Å²) in [6.45, 7) is 3.13. The molecule has 0 radical (unpaired) electrons. The minimum absolute atomic E-state index is 0.141. The van der Waals surface area contributed by atoms with E-state index in [9.17, 15) is 13.2 Å². The maximum absolute atomic E-state index is 12.3. The lowest BCUT2D eigenvalue weighted by atomic mass is 10.3. The highest BCUT2D eigenvalue weighted by molar-refractivity contribution is 7.08. The number of halogens is 3. The Morgan fingerprint density at radius 3 is 2.00 bits per heavy atom. The van der Waals surface area contributed by atoms with Gasteiger partial charge in [0.05, 0.1) is 5.56 Å². The Labute approximate surface area is 59.6 Å². The van der Waals surface area contributed by atoms with Crippen molar-refractivity contribution in [3.8, 4) is 0 Å². The summed E-state index contributed by atoms with van der Waals surface area (Å²) in [6.07, 6.45) is 0.949. The lowest BCUT2D eigenvalue weighted by Crippen LogP contribution is -1.77. The van der Waals surface area contributed by atoms with Gasteiger partial charge in [-0.2, -0.15) is 8.78 Å². The van der Waals surface area contributed by atoms with Crippen LogP contribution in [0.2, 0.25) is 0 Å². The molecule has 0 unspecified atom stereocenters. The van der Waals surface area contributed by atoms with Gasteiger partial charge in [0.25, 0.3) is 0 Å². The van der Waals surface area contributed by atoms with Crippen LogP contribution in [0.1, 0.15) is 5.56 Å². The maximum atomic E-state index is 12.3. The highest BCUT2D eigenvalue weighted by atomic mass is 32.1. The van der Waals surface area contributed by atoms with Crippen LogP contribution in [0.25, 0.3) is 6.08 Å². The normalized spacial score (nSPS) is 9.90. The molecule has 0 saturated heterocycles. The monoisotopic (exact) mass is 164 g/mol. The van der Waals surface area contributed by atoms with Crippen molar-refractivity contribution in [3.63, 3.8) is 0 Å². The van der Waals surface area contributed by atoms with Crippen molar-refractivity contribution in [2.45, 2.75) is 0 Å². The number of hydrogen-bond donors (Lipinski definition) is 0. The topological polar surface area (TPSA) is 0 Å². The first kappa shape index (κ1) is 7.34. The molecule has 0 saturated carbocycles. The van der Waals surface area contributed by atoms with Gasteiger partial charge >= 0.3 is 0 Å². The van der Waals surface area contributed by atoms with E-state index in [1.54, 1.807) is 0 Å². The van der Waals surface area contributed by atoms with Crippen molar-refractivity contribution in [1.82, 2.24) is 0 Å². The summed E-state index contributed by atoms with van der Waals surface area (Å²) in [7, 11) is 0. The molecule has 1 rings (SSSR count). The van der Waals surface area contributed by atoms with Gasteiger partial charge in [-0.1, -0.05) is 24.0 Å². The first-order valence-corrected chi connectivity index (χ1v) is 3.24. The summed E-state index contributed by atoms with van der Waals surface area (Å²) in [4.78, 5) is 0. The highest BCUT2D eigenvalue weighted by Gasteiger charge is 2.14. The van der Waals surface area contributed by atoms with Gasteiger partial charge < -0.3 is 0 Å². The quantitative estimate of drug-likeness (QED) is 0.598. The average Bonchev–Trinajstić information content (AvgIpc) is 2.09. The van der Waals surface area contributed by atoms with Crippen LogP contribution in [-0.2, 0) is 0 Å². The molecule has 0 aromatic carbocycles. The van der Waals surface area contributed by atoms with E-state index in [0.29, 0.717) is 0 Å². The molecule has 0 spiro atoms. The molecule has 0 aliphatic rings. The minimum atomic E-state index is -1.16. The standard InChI is InChI=1S/C6H3F3S/c1-2-3-4(7)6(9)10-5(3)8/h2H,1H2. The Morgan fingerprint density at radius 1 is 1.20 bits per heavy atom. The Kier molecular flexibility index (Phi) is 1.80. The van der Waals surface area contributed by atoms with E-state index in [4.69, 9.17) is 0 Å². The molecule has 0 fully saturated rings. The van der Waals surface area contributed by atoms with E-state index in [-0.39, 0.29) is 16.9 Å². The minimum Gasteiger partial charge on any atom is -0.202 e. The fourth-order valence-corrected chi connectivity index (χ4v) is 1.18. The van der Waals surface area contributed by atoms with Gasteiger partial charge in [0.1, 0.15) is 0 Å². The lowest BCUT2D eigenvalue weighted by Gasteiger charge is -1.82. The summed E-state index contributed by atoms with van der Waals surface area (Å²) in [5.41, 5.74) is -0.387. The van der Waals surface area contributed by atoms with Crippen molar-refractivity contribution in [2.24, 2.45) is 0 Å². The van der Waals surface area contributed by atoms with Gasteiger partial charge in [0.2, 0.25) is 5.13 Å². The van der Waals surface area contributed by atoms with Gasteiger partial charge in [0.15, 0.2) is 10.9 Å². The van der Waals surface area contributed by atoms with Crippen molar-refractivity contribution >= 4 is 17.4 Å². The van der Waals surface area contributed by atoms with E-state index in [1.807, 2.05) is 0 Å². The van der Waals surface area contributed by atoms with Crippen molar-refractivity contribution < 1.29 is 13.2 Å². The highest BCUT2D eigenvalue weighted by Crippen LogP contribution is 2.24. The zero-order valence-electron chi connectivity index (χ0n) is 4.83. The number of thiophene rings is 1. The molecule has 1 aromatic heterocycles. The van der Waals surface area contributed by atoms with Gasteiger partial charge in [-0.15, -0.1) is 0 Å². The van der Waals surface area contributed by atoms with Crippen LogP contribution in [0.3, 0.4) is 0 Å². The summed E-state index contributed by atoms with van der Waals surface area (Å²) in [5.74, 6) is -1.16. The number of rotatable bonds is 1. The predicted molar refractivity (Wildman–Crippen MR) is 34.3 cm³/mol. The Morgan fingerprint density at radius 2 is 1.80 bits per heavy atom. The first-order chi connectivity index (χ1) is 4.66. The van der Waals surface area contributed by atoms with Crippen LogP contribution in [0.15, 0.2) is 6.58 Å². The SMILES string of the molecule is C=Cc1c(F)sc(F)c1F. The van der Waals surface area contributed by atoms with Gasteiger partial charge in [-0.05, 0) is 0 Å². The molecular weight excluding hydrogens is 161 g/mol. The summed E-state index contributed by atoms with van der Waals surface area (Å²) >= 11 is 0.141. The van der Waals surface area contributed by atoms with Crippen LogP contribution in [0.5, 0.6) is 0 Å². The molecule has 1 aromatic rings. The van der Waals surface area contributed by atoms with E-state index in [1.165, 1.54) is 0 Å². The second-order valence-corrected chi connectivity index (χ2v) is 2.50. The fraction of sp³-hybridized carbons (Fsp3) is 0. The van der Waals surface area contributed by atoms with E-state index in [0.717, 1.165) is 6.08 Å². The molecule has 0 amide bonds. The van der Waals surface area contributed by atoms with Gasteiger partial charge in [0, 0.05) is 0 Å². The van der Waals surface area contributed by atoms with Gasteiger partial charge in [-0.3, -0.25) is 0 Å². The Bertz CT molecular complexity index is 264. The van der Waals surface area contributed by atoms with Crippen molar-refractivity contribution in [3.05, 3.63) is 28.2 Å². The molecule has 0 atom stereocenters. The van der Waals surface area contributed by atoms with Crippen LogP contribution < -0.4 is 0 Å². The zero-order chi connectivity index (χ0) is 7.72. The fourth-order valence-electron chi connectivity index (χ4n) is 0.540. The predicted octanol–water partition coefficient (Wildman–Crippen LogP) is 2.81. The molecule has 0 aliphatic heterocycles. The second-order valence-electron chi connectivity index (χ2n) is 1.58. The molecule has 1 heterocycles. The Hall–Kier alpha value is -0.770. The van der Waals surface area contributed by atoms with Crippen LogP contribution in [0.4, 0.5) is 13.2 Å². The molecule has 4 heteroatoms. The van der Waals surface area contributed by atoms with Crippen molar-refractivity contribution in [1.29, 1.82) is 0 Å². The zero-order valence-corrected chi connectivity index (χ0v) is 5.64. The summed E-state index contributed by atoms with van der Waals surface area (Å²) in [5, 5.41) is -2.00. The lowest BCUT2D eigenvalue weighted by molar-refractivity contribution is 0.526. The van der Waals surface area contributed by atoms with E-state index in [2.05, 4.69) is 6.58 Å². The summed E-state index contributed by atoms with van der Waals surface area (Å²) in [6, 6.07) is 0. The molecule has 10 heavy (non-hydrogen) atoms. The van der Waals surface area contributed by atoms with Gasteiger partial charge in [-0.25, -0.2) is 4.39 Å². The summed E-state index contributed by atoms with van der Waals surface area (Å²) < 4.78 is 36.8. The maximum Gasteiger partial charge on any atom is 0.215 e. The second kappa shape index (κ2) is 2.46. The molecule has 54 valence electrons. The van der Waals surface area contributed by atoms with Crippen LogP contribution in [-0.4, -0.2) is 0 Å². The van der Waals surface area contributed by atoms with Crippen molar-refractivity contribution in [2.75, 3.05) is 0 Å². The molecule has 0 aliphatic carbocycles. The molecule has 0 nitrogen and oxygen atoms in total. The number of hydrogen-bond acceptors (Lipinski definition) is 1. The third-order valence-corrected chi connectivity index (χ3v) is 1.76. The molecular formula is C6H3F3S. The largest absolute Gasteiger partial charge is 0.215 e. The van der Waals surface area contributed by atoms with Crippen LogP contribution in [0, 0.1) is 16.1 Å². The molecule has 0 bridgehead atoms. The Balaban J connectivity index is 3.33. The molecule has 0 N–H and O–H groups in total. The van der Waals surface area contributed by atoms with Crippen LogP contribution >= 0.6 is 11.3 Å². The first-order valence-electron chi connectivity index (χ1n) is 2.42. The van der Waals surface area contributed by atoms with E-state index < -0.39 is 16.1 Å². The third-order valence-electron chi connectivity index (χ3n) is 1.00. The smallest absolute Gasteiger partial charge is 0.202 e. The average molecular weight is 164 g/mol. The van der Waals surface area contributed by atoms with E-state index >= 15 is 0 Å². The third kappa shape index (κ3) is 0.945.